The first-order chi connectivity index (χ1) is 11.9. The van der Waals surface area contributed by atoms with Crippen molar-refractivity contribution in [3.63, 3.8) is 0 Å². The Morgan fingerprint density at radius 3 is 2.64 bits per heavy atom. The van der Waals surface area contributed by atoms with Gasteiger partial charge >= 0.3 is 0 Å². The number of nitrogens with two attached hydrogens (primary N) is 1. The summed E-state index contributed by atoms with van der Waals surface area (Å²) in [5.41, 5.74) is 8.36. The Balaban J connectivity index is 2.03. The molecule has 0 unspecified atom stereocenters. The lowest BCUT2D eigenvalue weighted by molar-refractivity contribution is -0.117. The molecule has 5 nitrogen and oxygen atoms in total. The molecule has 0 spiro atoms. The zero-order chi connectivity index (χ0) is 18.1. The summed E-state index contributed by atoms with van der Waals surface area (Å²) in [4.78, 5) is 25.5. The standard InChI is InChI=1S/C19H20ClN3O2/c1-11-9-17(22-16-6-4-3-5-14(16)19(21)25)15-10-13(20)7-8-18(15)23(11)12(2)24/h3-8,10-11,17,22H,9H2,1-2H3,(H2,21,25)/t11-,17+/m0/s1. The number of nitrogens with one attached hydrogen (secondary N) is 1. The molecule has 0 fully saturated rings. The number of primary amides is 1. The van der Waals surface area contributed by atoms with Crippen molar-refractivity contribution in [2.24, 2.45) is 5.73 Å². The van der Waals surface area contributed by atoms with E-state index in [4.69, 9.17) is 17.3 Å². The zero-order valence-electron chi connectivity index (χ0n) is 14.1. The summed E-state index contributed by atoms with van der Waals surface area (Å²) in [6.07, 6.45) is 0.694. The molecule has 0 aromatic heterocycles. The number of nitrogens with zero attached hydrogens (tertiary/aromatic N) is 1. The minimum absolute atomic E-state index is 0.00735. The second-order valence-corrected chi connectivity index (χ2v) is 6.72. The van der Waals surface area contributed by atoms with E-state index in [9.17, 15) is 9.59 Å². The van der Waals surface area contributed by atoms with Gasteiger partial charge in [0.2, 0.25) is 5.91 Å². The third-order valence-electron chi connectivity index (χ3n) is 4.50. The highest BCUT2D eigenvalue weighted by Crippen LogP contribution is 2.40. The molecule has 2 aromatic carbocycles. The van der Waals surface area contributed by atoms with Crippen molar-refractivity contribution >= 4 is 34.8 Å². The van der Waals surface area contributed by atoms with E-state index in [-0.39, 0.29) is 18.0 Å². The summed E-state index contributed by atoms with van der Waals surface area (Å²) in [5, 5.41) is 4.01. The van der Waals surface area contributed by atoms with Gasteiger partial charge in [-0.15, -0.1) is 0 Å². The Hall–Kier alpha value is -2.53. The summed E-state index contributed by atoms with van der Waals surface area (Å²) in [5.74, 6) is -0.490. The maximum atomic E-state index is 12.1. The van der Waals surface area contributed by atoms with Crippen LogP contribution in [0, 0.1) is 0 Å². The van der Waals surface area contributed by atoms with Crippen LogP contribution in [0.1, 0.15) is 42.2 Å². The third kappa shape index (κ3) is 3.33. The van der Waals surface area contributed by atoms with Crippen molar-refractivity contribution in [2.75, 3.05) is 10.2 Å². The van der Waals surface area contributed by atoms with Crippen LogP contribution < -0.4 is 16.0 Å². The minimum Gasteiger partial charge on any atom is -0.377 e. The molecule has 0 saturated carbocycles. The van der Waals surface area contributed by atoms with Gasteiger partial charge in [-0.25, -0.2) is 0 Å². The number of amides is 2. The van der Waals surface area contributed by atoms with E-state index in [1.54, 1.807) is 30.0 Å². The molecule has 2 aromatic rings. The molecule has 2 amide bonds. The Kier molecular flexibility index (Phi) is 4.68. The smallest absolute Gasteiger partial charge is 0.250 e. The van der Waals surface area contributed by atoms with Crippen molar-refractivity contribution in [3.8, 4) is 0 Å². The average molecular weight is 358 g/mol. The molecule has 3 rings (SSSR count). The number of rotatable bonds is 3. The van der Waals surface area contributed by atoms with Gasteiger partial charge in [0.05, 0.1) is 11.6 Å². The van der Waals surface area contributed by atoms with Crippen molar-refractivity contribution < 1.29 is 9.59 Å². The van der Waals surface area contributed by atoms with E-state index in [1.165, 1.54) is 0 Å². The minimum atomic E-state index is -0.483. The summed E-state index contributed by atoms with van der Waals surface area (Å²) in [6, 6.07) is 12.6. The zero-order valence-corrected chi connectivity index (χ0v) is 14.9. The van der Waals surface area contributed by atoms with Crippen LogP contribution in [0.25, 0.3) is 0 Å². The van der Waals surface area contributed by atoms with E-state index in [0.717, 1.165) is 11.3 Å². The molecule has 0 bridgehead atoms. The number of para-hydroxylation sites is 1. The van der Waals surface area contributed by atoms with Crippen molar-refractivity contribution in [1.82, 2.24) is 0 Å². The van der Waals surface area contributed by atoms with Crippen LogP contribution in [0.15, 0.2) is 42.5 Å². The average Bonchev–Trinajstić information content (AvgIpc) is 2.55. The first kappa shape index (κ1) is 17.3. The molecule has 25 heavy (non-hydrogen) atoms. The quantitative estimate of drug-likeness (QED) is 0.878. The fraction of sp³-hybridized carbons (Fsp3) is 0.263. The predicted molar refractivity (Wildman–Crippen MR) is 100 cm³/mol. The van der Waals surface area contributed by atoms with Gasteiger partial charge in [-0.1, -0.05) is 23.7 Å². The van der Waals surface area contributed by atoms with E-state index in [1.807, 2.05) is 31.2 Å². The van der Waals surface area contributed by atoms with Crippen molar-refractivity contribution in [1.29, 1.82) is 0 Å². The van der Waals surface area contributed by atoms with Crippen LogP contribution in [0.5, 0.6) is 0 Å². The SMILES string of the molecule is CC(=O)N1c2ccc(Cl)cc2[C@H](Nc2ccccc2C(N)=O)C[C@@H]1C. The fourth-order valence-electron chi connectivity index (χ4n) is 3.46. The highest BCUT2D eigenvalue weighted by Gasteiger charge is 2.32. The first-order valence-corrected chi connectivity index (χ1v) is 8.51. The molecule has 0 saturated heterocycles. The van der Waals surface area contributed by atoms with Crippen LogP contribution in [0.2, 0.25) is 5.02 Å². The van der Waals surface area contributed by atoms with Gasteiger partial charge in [0.15, 0.2) is 0 Å². The normalized spacial score (nSPS) is 19.2. The largest absolute Gasteiger partial charge is 0.377 e. The maximum Gasteiger partial charge on any atom is 0.250 e. The third-order valence-corrected chi connectivity index (χ3v) is 4.74. The van der Waals surface area contributed by atoms with Crippen LogP contribution in [0.3, 0.4) is 0 Å². The topological polar surface area (TPSA) is 75.4 Å². The Morgan fingerprint density at radius 1 is 1.24 bits per heavy atom. The van der Waals surface area contributed by atoms with Gasteiger partial charge < -0.3 is 16.0 Å². The summed E-state index contributed by atoms with van der Waals surface area (Å²) in [6.45, 7) is 3.57. The summed E-state index contributed by atoms with van der Waals surface area (Å²) >= 11 is 6.19. The summed E-state index contributed by atoms with van der Waals surface area (Å²) < 4.78 is 0. The molecule has 6 heteroatoms. The van der Waals surface area contributed by atoms with Crippen LogP contribution >= 0.6 is 11.6 Å². The molecule has 1 aliphatic heterocycles. The second kappa shape index (κ2) is 6.76. The number of hydrogen-bond acceptors (Lipinski definition) is 3. The van der Waals surface area contributed by atoms with E-state index in [2.05, 4.69) is 5.32 Å². The lowest BCUT2D eigenvalue weighted by atomic mass is 9.91. The number of carbonyl (C=O) groups excluding carboxylic acids is 2. The Labute approximate surface area is 151 Å². The van der Waals surface area contributed by atoms with Crippen molar-refractivity contribution in [3.05, 3.63) is 58.6 Å². The lowest BCUT2D eigenvalue weighted by Crippen LogP contribution is -2.43. The number of hydrogen-bond donors (Lipinski definition) is 2. The monoisotopic (exact) mass is 357 g/mol. The van der Waals surface area contributed by atoms with Crippen LogP contribution in [-0.2, 0) is 4.79 Å². The molecular formula is C19H20ClN3O2. The van der Waals surface area contributed by atoms with Crippen molar-refractivity contribution in [2.45, 2.75) is 32.4 Å². The van der Waals surface area contributed by atoms with Gasteiger partial charge in [0.25, 0.3) is 5.91 Å². The number of benzene rings is 2. The summed E-state index contributed by atoms with van der Waals surface area (Å²) in [7, 11) is 0. The van der Waals surface area contributed by atoms with Crippen LogP contribution in [-0.4, -0.2) is 17.9 Å². The fourth-order valence-corrected chi connectivity index (χ4v) is 3.64. The van der Waals surface area contributed by atoms with E-state index < -0.39 is 5.91 Å². The van der Waals surface area contributed by atoms with Crippen LogP contribution in [0.4, 0.5) is 11.4 Å². The number of anilines is 2. The number of carbonyl (C=O) groups is 2. The predicted octanol–water partition coefficient (Wildman–Crippen LogP) is 3.74. The van der Waals surface area contributed by atoms with E-state index >= 15 is 0 Å². The van der Waals surface area contributed by atoms with Gasteiger partial charge in [0.1, 0.15) is 0 Å². The Morgan fingerprint density at radius 2 is 1.96 bits per heavy atom. The highest BCUT2D eigenvalue weighted by molar-refractivity contribution is 6.30. The van der Waals surface area contributed by atoms with Gasteiger partial charge in [-0.3, -0.25) is 9.59 Å². The number of fused-ring (bicyclic) bond motifs is 1. The molecule has 1 heterocycles. The highest BCUT2D eigenvalue weighted by atomic mass is 35.5. The molecule has 3 N–H and O–H groups in total. The molecule has 1 aliphatic rings. The van der Waals surface area contributed by atoms with Gasteiger partial charge in [-0.2, -0.15) is 0 Å². The van der Waals surface area contributed by atoms with Gasteiger partial charge in [-0.05, 0) is 49.2 Å². The number of halogens is 1. The van der Waals surface area contributed by atoms with E-state index in [0.29, 0.717) is 22.7 Å². The molecule has 0 radical (unpaired) electrons. The first-order valence-electron chi connectivity index (χ1n) is 8.13. The maximum absolute atomic E-state index is 12.1. The lowest BCUT2D eigenvalue weighted by Gasteiger charge is -2.39. The van der Waals surface area contributed by atoms with Gasteiger partial charge in [0, 0.05) is 29.4 Å². The molecular weight excluding hydrogens is 338 g/mol. The second-order valence-electron chi connectivity index (χ2n) is 6.28. The Bertz CT molecular complexity index is 837. The molecule has 0 aliphatic carbocycles. The molecule has 2 atom stereocenters. The molecule has 130 valence electrons.